The lowest BCUT2D eigenvalue weighted by atomic mass is 9.96. The summed E-state index contributed by atoms with van der Waals surface area (Å²) in [5.74, 6) is 2.27. The largest absolute Gasteiger partial charge is 0.352 e. The van der Waals surface area contributed by atoms with Crippen LogP contribution < -0.4 is 4.90 Å². The predicted octanol–water partition coefficient (Wildman–Crippen LogP) is 2.21. The molecule has 2 aliphatic carbocycles. The summed E-state index contributed by atoms with van der Waals surface area (Å²) in [7, 11) is 2.21. The molecule has 6 nitrogen and oxygen atoms in total. The number of rotatable bonds is 5. The normalized spacial score (nSPS) is 20.6. The van der Waals surface area contributed by atoms with Gasteiger partial charge < -0.3 is 9.47 Å². The molecule has 0 radical (unpaired) electrons. The van der Waals surface area contributed by atoms with Crippen molar-refractivity contribution in [1.29, 1.82) is 0 Å². The van der Waals surface area contributed by atoms with Crippen LogP contribution in [0.4, 0.5) is 5.82 Å². The van der Waals surface area contributed by atoms with Crippen molar-refractivity contribution < 1.29 is 0 Å². The summed E-state index contributed by atoms with van der Waals surface area (Å²) in [6, 6.07) is 3.55. The first-order valence-electron chi connectivity index (χ1n) is 9.60. The van der Waals surface area contributed by atoms with Crippen molar-refractivity contribution in [3.05, 3.63) is 35.5 Å². The summed E-state index contributed by atoms with van der Waals surface area (Å²) in [6.45, 7) is 3.00. The minimum atomic E-state index is 0.571. The molecule has 0 amide bonds. The van der Waals surface area contributed by atoms with Crippen molar-refractivity contribution in [2.24, 2.45) is 0 Å². The maximum atomic E-state index is 4.57. The highest BCUT2D eigenvalue weighted by Gasteiger charge is 2.33. The van der Waals surface area contributed by atoms with Crippen molar-refractivity contribution in [1.82, 2.24) is 24.6 Å². The van der Waals surface area contributed by atoms with E-state index in [0.717, 1.165) is 31.9 Å². The first-order valence-corrected chi connectivity index (χ1v) is 9.60. The van der Waals surface area contributed by atoms with E-state index in [4.69, 9.17) is 0 Å². The van der Waals surface area contributed by atoms with E-state index < -0.39 is 0 Å². The Morgan fingerprint density at radius 1 is 1.16 bits per heavy atom. The van der Waals surface area contributed by atoms with Gasteiger partial charge in [-0.15, -0.1) is 5.10 Å². The highest BCUT2D eigenvalue weighted by Crippen LogP contribution is 2.36. The van der Waals surface area contributed by atoms with Crippen LogP contribution in [0, 0.1) is 0 Å². The molecule has 1 saturated carbocycles. The van der Waals surface area contributed by atoms with Gasteiger partial charge in [-0.1, -0.05) is 0 Å². The van der Waals surface area contributed by atoms with Crippen LogP contribution in [0.5, 0.6) is 0 Å². The fourth-order valence-corrected chi connectivity index (χ4v) is 4.06. The van der Waals surface area contributed by atoms with Crippen LogP contribution in [0.25, 0.3) is 0 Å². The molecule has 0 N–H and O–H groups in total. The van der Waals surface area contributed by atoms with Crippen molar-refractivity contribution in [2.75, 3.05) is 25.0 Å². The molecule has 2 aromatic rings. The molecule has 0 bridgehead atoms. The summed E-state index contributed by atoms with van der Waals surface area (Å²) >= 11 is 0. The average Bonchev–Trinajstić information content (AvgIpc) is 3.33. The van der Waals surface area contributed by atoms with Gasteiger partial charge in [0.15, 0.2) is 5.82 Å². The van der Waals surface area contributed by atoms with Crippen molar-refractivity contribution in [3.63, 3.8) is 0 Å². The molecular weight excluding hydrogens is 312 g/mol. The number of nitrogens with zero attached hydrogens (tertiary/aromatic N) is 6. The highest BCUT2D eigenvalue weighted by molar-refractivity contribution is 5.45. The van der Waals surface area contributed by atoms with Gasteiger partial charge in [0.2, 0.25) is 0 Å². The molecule has 0 aromatic carbocycles. The van der Waals surface area contributed by atoms with E-state index in [1.54, 1.807) is 0 Å². The van der Waals surface area contributed by atoms with Crippen LogP contribution in [0.2, 0.25) is 0 Å². The van der Waals surface area contributed by atoms with Gasteiger partial charge >= 0.3 is 0 Å². The predicted molar refractivity (Wildman–Crippen MR) is 96.6 cm³/mol. The van der Waals surface area contributed by atoms with E-state index in [1.807, 2.05) is 6.20 Å². The summed E-state index contributed by atoms with van der Waals surface area (Å²) in [4.78, 5) is 9.36. The molecule has 0 spiro atoms. The Hall–Kier alpha value is -1.95. The summed E-state index contributed by atoms with van der Waals surface area (Å²) in [5.41, 5.74) is 2.63. The summed E-state index contributed by atoms with van der Waals surface area (Å²) < 4.78 is 2.36. The van der Waals surface area contributed by atoms with E-state index >= 15 is 0 Å². The second-order valence-corrected chi connectivity index (χ2v) is 7.84. The SMILES string of the molecule is CN(Cc1nccn1C1CC1)C1CN(c2cc3c(nn2)CCCC3)C1. The molecule has 5 rings (SSSR count). The first-order chi connectivity index (χ1) is 12.3. The van der Waals surface area contributed by atoms with E-state index in [9.17, 15) is 0 Å². The lowest BCUT2D eigenvalue weighted by Crippen LogP contribution is -2.58. The molecule has 132 valence electrons. The zero-order valence-electron chi connectivity index (χ0n) is 14.9. The Labute approximate surface area is 148 Å². The van der Waals surface area contributed by atoms with Crippen LogP contribution in [-0.4, -0.2) is 50.8 Å². The monoisotopic (exact) mass is 338 g/mol. The zero-order valence-corrected chi connectivity index (χ0v) is 14.9. The van der Waals surface area contributed by atoms with Gasteiger partial charge in [0.25, 0.3) is 0 Å². The van der Waals surface area contributed by atoms with Gasteiger partial charge in [0.05, 0.1) is 12.2 Å². The summed E-state index contributed by atoms with van der Waals surface area (Å²) in [5, 5.41) is 8.94. The Kier molecular flexibility index (Phi) is 3.73. The van der Waals surface area contributed by atoms with E-state index in [1.165, 1.54) is 49.2 Å². The second-order valence-electron chi connectivity index (χ2n) is 7.84. The number of hydrogen-bond acceptors (Lipinski definition) is 5. The Morgan fingerprint density at radius 2 is 2.00 bits per heavy atom. The quantitative estimate of drug-likeness (QED) is 0.837. The molecule has 0 atom stereocenters. The van der Waals surface area contributed by atoms with E-state index in [0.29, 0.717) is 12.1 Å². The van der Waals surface area contributed by atoms with E-state index in [-0.39, 0.29) is 0 Å². The molecule has 25 heavy (non-hydrogen) atoms. The number of aryl methyl sites for hydroxylation is 2. The molecule has 0 unspecified atom stereocenters. The molecule has 3 heterocycles. The van der Waals surface area contributed by atoms with Crippen LogP contribution in [0.1, 0.15) is 48.8 Å². The average molecular weight is 338 g/mol. The fourth-order valence-electron chi connectivity index (χ4n) is 4.06. The lowest BCUT2D eigenvalue weighted by Gasteiger charge is -2.44. The third-order valence-electron chi connectivity index (χ3n) is 5.95. The van der Waals surface area contributed by atoms with Crippen LogP contribution in [-0.2, 0) is 19.4 Å². The number of anilines is 1. The maximum absolute atomic E-state index is 4.57. The van der Waals surface area contributed by atoms with Crippen LogP contribution in [0.15, 0.2) is 18.5 Å². The number of aromatic nitrogens is 4. The number of likely N-dealkylation sites (N-methyl/N-ethyl adjacent to an activating group) is 1. The molecular formula is C19H26N6. The number of fused-ring (bicyclic) bond motifs is 1. The van der Waals surface area contributed by atoms with Crippen molar-refractivity contribution >= 4 is 5.82 Å². The van der Waals surface area contributed by atoms with Crippen LogP contribution >= 0.6 is 0 Å². The molecule has 2 fully saturated rings. The zero-order chi connectivity index (χ0) is 16.8. The Morgan fingerprint density at radius 3 is 2.84 bits per heavy atom. The maximum Gasteiger partial charge on any atom is 0.151 e. The van der Waals surface area contributed by atoms with Gasteiger partial charge in [0.1, 0.15) is 5.82 Å². The third-order valence-corrected chi connectivity index (χ3v) is 5.95. The van der Waals surface area contributed by atoms with Crippen molar-refractivity contribution in [2.45, 2.75) is 57.2 Å². The second kappa shape index (κ2) is 6.09. The van der Waals surface area contributed by atoms with Gasteiger partial charge in [-0.25, -0.2) is 4.98 Å². The minimum absolute atomic E-state index is 0.571. The minimum Gasteiger partial charge on any atom is -0.352 e. The Bertz CT molecular complexity index is 759. The Balaban J connectivity index is 1.20. The fraction of sp³-hybridized carbons (Fsp3) is 0.632. The van der Waals surface area contributed by atoms with Gasteiger partial charge in [-0.05, 0) is 57.2 Å². The molecule has 3 aliphatic rings. The smallest absolute Gasteiger partial charge is 0.151 e. The van der Waals surface area contributed by atoms with Crippen molar-refractivity contribution in [3.8, 4) is 0 Å². The van der Waals surface area contributed by atoms with Gasteiger partial charge in [-0.2, -0.15) is 5.10 Å². The molecule has 6 heteroatoms. The van der Waals surface area contributed by atoms with Gasteiger partial charge in [0, 0.05) is 37.6 Å². The third kappa shape index (κ3) is 2.92. The lowest BCUT2D eigenvalue weighted by molar-refractivity contribution is 0.190. The summed E-state index contributed by atoms with van der Waals surface area (Å²) in [6.07, 6.45) is 11.5. The van der Waals surface area contributed by atoms with Gasteiger partial charge in [-0.3, -0.25) is 4.90 Å². The molecule has 1 aliphatic heterocycles. The van der Waals surface area contributed by atoms with E-state index in [2.05, 4.69) is 48.9 Å². The first kappa shape index (κ1) is 15.3. The molecule has 2 aromatic heterocycles. The number of hydrogen-bond donors (Lipinski definition) is 0. The highest BCUT2D eigenvalue weighted by atomic mass is 15.4. The topological polar surface area (TPSA) is 50.1 Å². The van der Waals surface area contributed by atoms with Crippen LogP contribution in [0.3, 0.4) is 0 Å². The standard InChI is InChI=1S/C19H26N6/c1-23(13-19-20-8-9-25(19)15-6-7-15)16-11-24(12-16)18-10-14-4-2-3-5-17(14)21-22-18/h8-10,15-16H,2-7,11-13H2,1H3. The molecule has 1 saturated heterocycles. The number of imidazole rings is 1.